The number of hydrogen-bond acceptors (Lipinski definition) is 4. The van der Waals surface area contributed by atoms with Crippen molar-refractivity contribution in [2.75, 3.05) is 26.2 Å². The Morgan fingerprint density at radius 3 is 1.89 bits per heavy atom. The fourth-order valence-corrected chi connectivity index (χ4v) is 6.73. The molecule has 234 valence electrons. The van der Waals surface area contributed by atoms with E-state index in [-0.39, 0.29) is 46.8 Å². The second kappa shape index (κ2) is 13.4. The van der Waals surface area contributed by atoms with E-state index in [1.54, 1.807) is 24.3 Å². The summed E-state index contributed by atoms with van der Waals surface area (Å²) in [5.41, 5.74) is 1.48. The van der Waals surface area contributed by atoms with Gasteiger partial charge in [0, 0.05) is 42.4 Å². The van der Waals surface area contributed by atoms with Gasteiger partial charge in [0.15, 0.2) is 29.1 Å². The molecular weight excluding hydrogens is 584 g/mol. The Hall–Kier alpha value is -4.24. The molecule has 1 aliphatic heterocycles. The summed E-state index contributed by atoms with van der Waals surface area (Å²) >= 11 is 0. The second-order valence-corrected chi connectivity index (χ2v) is 12.2. The molecule has 45 heavy (non-hydrogen) atoms. The Morgan fingerprint density at radius 2 is 1.36 bits per heavy atom. The van der Waals surface area contributed by atoms with Gasteiger partial charge < -0.3 is 10.1 Å². The van der Waals surface area contributed by atoms with Gasteiger partial charge in [0.25, 0.3) is 5.91 Å². The first-order valence-corrected chi connectivity index (χ1v) is 15.3. The van der Waals surface area contributed by atoms with E-state index in [0.29, 0.717) is 17.9 Å². The van der Waals surface area contributed by atoms with E-state index >= 15 is 0 Å². The topological polar surface area (TPSA) is 58.6 Å². The molecule has 3 fully saturated rings. The monoisotopic (exact) mass is 618 g/mol. The number of ether oxygens (including phenoxy) is 1. The number of carbonyl (C=O) groups is 2. The molecule has 9 heteroatoms. The Bertz CT molecular complexity index is 1570. The summed E-state index contributed by atoms with van der Waals surface area (Å²) in [4.78, 5) is 29.1. The summed E-state index contributed by atoms with van der Waals surface area (Å²) in [7, 11) is 0. The number of likely N-dealkylation sites (tertiary alicyclic amines) is 1. The van der Waals surface area contributed by atoms with E-state index in [2.05, 4.69) is 10.2 Å². The van der Waals surface area contributed by atoms with Crippen molar-refractivity contribution in [3.05, 3.63) is 112 Å². The highest BCUT2D eigenvalue weighted by atomic mass is 19.2. The first-order valence-electron chi connectivity index (χ1n) is 15.3. The number of amides is 1. The van der Waals surface area contributed by atoms with Gasteiger partial charge in [-0.2, -0.15) is 0 Å². The number of rotatable bonds is 8. The molecule has 3 aromatic rings. The lowest BCUT2D eigenvalue weighted by molar-refractivity contribution is -0.113. The van der Waals surface area contributed by atoms with Crippen molar-refractivity contribution in [1.82, 2.24) is 10.2 Å². The molecule has 0 radical (unpaired) electrons. The van der Waals surface area contributed by atoms with Crippen molar-refractivity contribution in [1.29, 1.82) is 0 Å². The third kappa shape index (κ3) is 7.36. The maximum absolute atomic E-state index is 13.9. The number of benzene rings is 3. The average molecular weight is 619 g/mol. The van der Waals surface area contributed by atoms with E-state index in [0.717, 1.165) is 55.7 Å². The molecule has 5 nitrogen and oxygen atoms in total. The van der Waals surface area contributed by atoms with Crippen molar-refractivity contribution in [2.45, 2.75) is 38.1 Å². The van der Waals surface area contributed by atoms with Gasteiger partial charge >= 0.3 is 0 Å². The minimum atomic E-state index is -1.05. The van der Waals surface area contributed by atoms with Crippen LogP contribution in [0.4, 0.5) is 17.6 Å². The molecular formula is C36H34F4N2O3. The minimum Gasteiger partial charge on any atom is -0.492 e. The van der Waals surface area contributed by atoms with Crippen LogP contribution in [0.25, 0.3) is 12.2 Å². The van der Waals surface area contributed by atoms with Crippen LogP contribution in [0.1, 0.15) is 53.6 Å². The minimum absolute atomic E-state index is 0.137. The molecule has 6 rings (SSSR count). The quantitative estimate of drug-likeness (QED) is 0.219. The molecule has 1 amide bonds. The SMILES string of the molecule is O=C1/C(=C/c2ccc(F)c(F)c2)CC(NC(=O)c2ccc(OCCN3CC4CCCC4C3)cc2)C/C1=C\c1ccc(F)c(F)c1. The molecule has 1 N–H and O–H groups in total. The number of nitrogens with zero attached hydrogens (tertiary/aromatic N) is 1. The van der Waals surface area contributed by atoms with Crippen molar-refractivity contribution in [3.8, 4) is 5.75 Å². The zero-order valence-corrected chi connectivity index (χ0v) is 24.7. The van der Waals surface area contributed by atoms with Gasteiger partial charge in [-0.1, -0.05) is 18.6 Å². The molecule has 2 atom stereocenters. The normalized spacial score (nSPS) is 23.5. The molecule has 1 saturated heterocycles. The zero-order valence-electron chi connectivity index (χ0n) is 24.7. The largest absolute Gasteiger partial charge is 0.492 e. The summed E-state index contributed by atoms with van der Waals surface area (Å²) in [5, 5.41) is 2.96. The van der Waals surface area contributed by atoms with Crippen LogP contribution in [-0.4, -0.2) is 48.9 Å². The summed E-state index contributed by atoms with van der Waals surface area (Å²) in [6.07, 6.45) is 7.19. The number of ketones is 1. The Kier molecular flexibility index (Phi) is 9.16. The molecule has 2 saturated carbocycles. The number of nitrogens with one attached hydrogen (secondary N) is 1. The molecule has 2 unspecified atom stereocenters. The predicted octanol–water partition coefficient (Wildman–Crippen LogP) is 6.98. The molecule has 3 aromatic carbocycles. The Labute approximate surface area is 259 Å². The van der Waals surface area contributed by atoms with Gasteiger partial charge in [0.2, 0.25) is 0 Å². The Morgan fingerprint density at radius 1 is 0.800 bits per heavy atom. The third-order valence-corrected chi connectivity index (χ3v) is 9.01. The van der Waals surface area contributed by atoms with Crippen LogP contribution in [-0.2, 0) is 4.79 Å². The van der Waals surface area contributed by atoms with Gasteiger partial charge in [-0.25, -0.2) is 17.6 Å². The summed E-state index contributed by atoms with van der Waals surface area (Å²) < 4.78 is 60.7. The van der Waals surface area contributed by atoms with Gasteiger partial charge in [0.05, 0.1) is 0 Å². The molecule has 1 heterocycles. The Balaban J connectivity index is 1.13. The number of Topliss-reactive ketones (excluding diaryl/α,β-unsaturated/α-hetero) is 1. The van der Waals surface area contributed by atoms with Crippen molar-refractivity contribution in [2.24, 2.45) is 11.8 Å². The van der Waals surface area contributed by atoms with Crippen LogP contribution in [0.2, 0.25) is 0 Å². The van der Waals surface area contributed by atoms with Crippen LogP contribution in [0.5, 0.6) is 5.75 Å². The molecule has 3 aliphatic rings. The molecule has 2 aliphatic carbocycles. The van der Waals surface area contributed by atoms with Gasteiger partial charge in [0.1, 0.15) is 12.4 Å². The van der Waals surface area contributed by atoms with E-state index in [4.69, 9.17) is 4.74 Å². The maximum atomic E-state index is 13.9. The zero-order chi connectivity index (χ0) is 31.5. The standard InChI is InChI=1S/C36H34F4N2O3/c37-31-10-4-22(16-33(31)39)14-27-18-29(19-28(35(27)43)15-23-5-11-32(38)34(40)17-23)41-36(44)24-6-8-30(9-7-24)45-13-12-42-20-25-2-1-3-26(25)21-42/h4-11,14-17,25-26,29H,1-3,12-13,18-21H2,(H,41,44)/b27-14+,28-15+. The number of hydrogen-bond donors (Lipinski definition) is 1. The predicted molar refractivity (Wildman–Crippen MR) is 163 cm³/mol. The van der Waals surface area contributed by atoms with E-state index in [1.165, 1.54) is 43.5 Å². The van der Waals surface area contributed by atoms with Crippen molar-refractivity contribution < 1.29 is 31.9 Å². The summed E-state index contributed by atoms with van der Waals surface area (Å²) in [5.74, 6) is -2.54. The first-order chi connectivity index (χ1) is 21.7. The van der Waals surface area contributed by atoms with Crippen molar-refractivity contribution in [3.63, 3.8) is 0 Å². The van der Waals surface area contributed by atoms with Gasteiger partial charge in [-0.05, 0) is 109 Å². The number of carbonyl (C=O) groups excluding carboxylic acids is 2. The fourth-order valence-electron chi connectivity index (χ4n) is 6.73. The lowest BCUT2D eigenvalue weighted by Gasteiger charge is -2.27. The summed E-state index contributed by atoms with van der Waals surface area (Å²) in [6.45, 7) is 3.74. The van der Waals surface area contributed by atoms with E-state index in [9.17, 15) is 27.2 Å². The third-order valence-electron chi connectivity index (χ3n) is 9.01. The lowest BCUT2D eigenvalue weighted by atomic mass is 9.83. The highest BCUT2D eigenvalue weighted by molar-refractivity contribution is 6.14. The first kappa shape index (κ1) is 30.8. The molecule has 0 aromatic heterocycles. The van der Waals surface area contributed by atoms with Crippen LogP contribution >= 0.6 is 0 Å². The van der Waals surface area contributed by atoms with Crippen LogP contribution in [0.15, 0.2) is 71.8 Å². The summed E-state index contributed by atoms with van der Waals surface area (Å²) in [6, 6.07) is 12.9. The van der Waals surface area contributed by atoms with Crippen LogP contribution in [0.3, 0.4) is 0 Å². The maximum Gasteiger partial charge on any atom is 0.251 e. The molecule has 0 spiro atoms. The second-order valence-electron chi connectivity index (χ2n) is 12.2. The molecule has 0 bridgehead atoms. The van der Waals surface area contributed by atoms with Gasteiger partial charge in [-0.3, -0.25) is 14.5 Å². The number of halogens is 4. The average Bonchev–Trinajstić information content (AvgIpc) is 3.62. The van der Waals surface area contributed by atoms with Crippen LogP contribution < -0.4 is 10.1 Å². The smallest absolute Gasteiger partial charge is 0.251 e. The van der Waals surface area contributed by atoms with Gasteiger partial charge in [-0.15, -0.1) is 0 Å². The van der Waals surface area contributed by atoms with E-state index in [1.807, 2.05) is 0 Å². The fraction of sp³-hybridized carbons (Fsp3) is 0.333. The van der Waals surface area contributed by atoms with Crippen LogP contribution in [0, 0.1) is 35.1 Å². The van der Waals surface area contributed by atoms with E-state index < -0.39 is 29.3 Å². The van der Waals surface area contributed by atoms with Crippen molar-refractivity contribution >= 4 is 23.8 Å². The highest BCUT2D eigenvalue weighted by Crippen LogP contribution is 2.37. The lowest BCUT2D eigenvalue weighted by Crippen LogP contribution is -2.39. The highest BCUT2D eigenvalue weighted by Gasteiger charge is 2.35. The number of fused-ring (bicyclic) bond motifs is 1.